The summed E-state index contributed by atoms with van der Waals surface area (Å²) in [7, 11) is -5.17. The first-order valence-electron chi connectivity index (χ1n) is 1.31. The van der Waals surface area contributed by atoms with Crippen LogP contribution in [0.15, 0.2) is 0 Å². The summed E-state index contributed by atoms with van der Waals surface area (Å²) in [5.41, 5.74) is 0. The van der Waals surface area contributed by atoms with Crippen molar-refractivity contribution in [3.05, 3.63) is 0 Å². The standard InChI is InChI=1S/CHO.H2O4S.Zn/c1-2;1-5(2,3)4;/h1H;(H2,1,2,3,4);/q;;+2/p-2. The van der Waals surface area contributed by atoms with Crippen molar-refractivity contribution in [2.75, 3.05) is 0 Å². The maximum atomic E-state index is 8.86. The molecule has 0 aromatic heterocycles. The molecule has 0 N–H and O–H groups in total. The Labute approximate surface area is 56.3 Å². The minimum absolute atomic E-state index is 0.764. The topological polar surface area (TPSA) is 97.3 Å². The SMILES string of the molecule is O=S(=O)([O-])[O-].O=[CH][Zn+2]. The van der Waals surface area contributed by atoms with Crippen molar-refractivity contribution in [1.29, 1.82) is 0 Å². The monoisotopic (exact) mass is 189 g/mol. The molecule has 8 heavy (non-hydrogen) atoms. The number of rotatable bonds is 0. The van der Waals surface area contributed by atoms with E-state index in [0.717, 1.165) is 23.2 Å². The van der Waals surface area contributed by atoms with Crippen molar-refractivity contribution >= 4 is 15.3 Å². The number of carbonyl (C=O) groups excluding carboxylic acids is 1. The Bertz CT molecular complexity index is 127. The van der Waals surface area contributed by atoms with E-state index in [0.29, 0.717) is 0 Å². The first kappa shape index (κ1) is 11.0. The number of hydrogen-bond donors (Lipinski definition) is 0. The molecule has 0 unspecified atom stereocenters. The van der Waals surface area contributed by atoms with Crippen LogP contribution in [0.25, 0.3) is 0 Å². The molecule has 5 nitrogen and oxygen atoms in total. The molecule has 0 aromatic rings. The summed E-state index contributed by atoms with van der Waals surface area (Å²) in [5.74, 6) is 0. The van der Waals surface area contributed by atoms with Crippen LogP contribution in [0.5, 0.6) is 0 Å². The molecule has 0 bridgehead atoms. The van der Waals surface area contributed by atoms with E-state index < -0.39 is 10.4 Å². The van der Waals surface area contributed by atoms with E-state index in [1.165, 1.54) is 0 Å². The molecular formula is CHO5SZn. The van der Waals surface area contributed by atoms with Gasteiger partial charge in [0, 0.05) is 10.4 Å². The van der Waals surface area contributed by atoms with Crippen molar-refractivity contribution in [2.24, 2.45) is 0 Å². The molecule has 0 amide bonds. The van der Waals surface area contributed by atoms with Crippen molar-refractivity contribution in [1.82, 2.24) is 0 Å². The molecule has 0 radical (unpaired) electrons. The van der Waals surface area contributed by atoms with Gasteiger partial charge in [0.2, 0.25) is 0 Å². The zero-order valence-corrected chi connectivity index (χ0v) is 7.52. The predicted molar refractivity (Wildman–Crippen MR) is 17.2 cm³/mol. The molecule has 0 aliphatic rings. The van der Waals surface area contributed by atoms with Crippen LogP contribution in [-0.2, 0) is 33.5 Å². The van der Waals surface area contributed by atoms with Crippen molar-refractivity contribution in [2.45, 2.75) is 0 Å². The third kappa shape index (κ3) is 6160. The summed E-state index contributed by atoms with van der Waals surface area (Å²) >= 11 is 0.764. The second kappa shape index (κ2) is 5.30. The molecule has 0 aliphatic heterocycles. The fourth-order valence-electron chi connectivity index (χ4n) is 0. The molecule has 7 heteroatoms. The van der Waals surface area contributed by atoms with Crippen LogP contribution < -0.4 is 0 Å². The van der Waals surface area contributed by atoms with E-state index in [1.807, 2.05) is 0 Å². The van der Waals surface area contributed by atoms with Gasteiger partial charge >= 0.3 is 28.0 Å². The average molecular weight is 190 g/mol. The fraction of sp³-hybridized carbons (Fsp3) is 0. The first-order chi connectivity index (χ1) is 3.41. The Kier molecular flexibility index (Phi) is 7.31. The van der Waals surface area contributed by atoms with E-state index in [-0.39, 0.29) is 0 Å². The predicted octanol–water partition coefficient (Wildman–Crippen LogP) is -1.61. The van der Waals surface area contributed by atoms with Gasteiger partial charge in [0.1, 0.15) is 0 Å². The Morgan fingerprint density at radius 1 is 1.38 bits per heavy atom. The normalized spacial score (nSPS) is 9.00. The quantitative estimate of drug-likeness (QED) is 0.198. The molecule has 0 fully saturated rings. The maximum absolute atomic E-state index is 8.86. The second-order valence-electron chi connectivity index (χ2n) is 0.575. The molecule has 0 atom stereocenters. The van der Waals surface area contributed by atoms with Gasteiger partial charge in [-0.15, -0.1) is 0 Å². The molecule has 0 rings (SSSR count). The van der Waals surface area contributed by atoms with Gasteiger partial charge in [-0.2, -0.15) is 0 Å². The summed E-state index contributed by atoms with van der Waals surface area (Å²) in [6, 6.07) is 0. The van der Waals surface area contributed by atoms with Gasteiger partial charge in [-0.25, -0.2) is 0 Å². The zero-order chi connectivity index (χ0) is 7.21. The van der Waals surface area contributed by atoms with E-state index in [2.05, 4.69) is 0 Å². The third-order valence-corrected chi connectivity index (χ3v) is 0. The molecule has 0 saturated heterocycles. The number of hydrogen-bond acceptors (Lipinski definition) is 5. The molecule has 43 valence electrons. The molecule has 0 aliphatic carbocycles. The van der Waals surface area contributed by atoms with Gasteiger partial charge < -0.3 is 9.11 Å². The van der Waals surface area contributed by atoms with Gasteiger partial charge in [-0.05, 0) is 0 Å². The fourth-order valence-corrected chi connectivity index (χ4v) is 0. The number of carbonyl (C=O) groups is 1. The summed E-state index contributed by atoms with van der Waals surface area (Å²) in [6.45, 7) is 0. The van der Waals surface area contributed by atoms with Crippen LogP contribution in [0.1, 0.15) is 0 Å². The Hall–Kier alpha value is 0.163. The molecule has 0 aromatic carbocycles. The summed E-state index contributed by atoms with van der Waals surface area (Å²) in [4.78, 5) is 9.74. The van der Waals surface area contributed by atoms with Crippen LogP contribution in [0, 0.1) is 0 Å². The minimum atomic E-state index is -5.17. The second-order valence-corrected chi connectivity index (χ2v) is 2.09. The summed E-state index contributed by atoms with van der Waals surface area (Å²) < 4.78 is 34.1. The molecule has 0 heterocycles. The van der Waals surface area contributed by atoms with Crippen LogP contribution >= 0.6 is 0 Å². The van der Waals surface area contributed by atoms with Gasteiger partial charge in [-0.3, -0.25) is 8.42 Å². The first-order valence-corrected chi connectivity index (χ1v) is 4.36. The van der Waals surface area contributed by atoms with E-state index >= 15 is 0 Å². The summed E-state index contributed by atoms with van der Waals surface area (Å²) in [5, 5.41) is 0. The van der Waals surface area contributed by atoms with Gasteiger partial charge in [0.15, 0.2) is 0 Å². The third-order valence-electron chi connectivity index (χ3n) is 0. The van der Waals surface area contributed by atoms with Crippen LogP contribution in [0.2, 0.25) is 0 Å². The van der Waals surface area contributed by atoms with Gasteiger partial charge in [0.05, 0.1) is 0 Å². The zero-order valence-electron chi connectivity index (χ0n) is 3.73. The Balaban J connectivity index is 0. The Morgan fingerprint density at radius 2 is 1.38 bits per heavy atom. The van der Waals surface area contributed by atoms with Crippen LogP contribution in [0.3, 0.4) is 0 Å². The van der Waals surface area contributed by atoms with Crippen LogP contribution in [0.4, 0.5) is 0 Å². The van der Waals surface area contributed by atoms with Crippen LogP contribution in [-0.4, -0.2) is 22.4 Å². The van der Waals surface area contributed by atoms with E-state index in [1.54, 1.807) is 0 Å². The van der Waals surface area contributed by atoms with Gasteiger partial charge in [0.25, 0.3) is 0 Å². The van der Waals surface area contributed by atoms with Crippen molar-refractivity contribution in [3.63, 3.8) is 0 Å². The Morgan fingerprint density at radius 3 is 1.38 bits per heavy atom. The van der Waals surface area contributed by atoms with Gasteiger partial charge in [-0.1, -0.05) is 0 Å². The van der Waals surface area contributed by atoms with E-state index in [9.17, 15) is 0 Å². The van der Waals surface area contributed by atoms with Crippen molar-refractivity contribution in [3.8, 4) is 0 Å². The summed E-state index contributed by atoms with van der Waals surface area (Å²) in [6.07, 6.45) is 0. The molecule has 0 spiro atoms. The molecule has 0 saturated carbocycles. The van der Waals surface area contributed by atoms with Crippen molar-refractivity contribution < 1.29 is 40.6 Å². The van der Waals surface area contributed by atoms with E-state index in [4.69, 9.17) is 22.3 Å². The molecular weight excluding hydrogens is 189 g/mol. The average Bonchev–Trinajstić information content (AvgIpc) is 1.27.